The second-order valence-electron chi connectivity index (χ2n) is 7.71. The second-order valence-corrected chi connectivity index (χ2v) is 8.09. The molecule has 0 radical (unpaired) electrons. The molecule has 0 saturated carbocycles. The lowest BCUT2D eigenvalue weighted by molar-refractivity contribution is -0.173. The van der Waals surface area contributed by atoms with Crippen molar-refractivity contribution in [2.24, 2.45) is 5.92 Å². The number of halogens is 2. The van der Waals surface area contributed by atoms with Crippen molar-refractivity contribution in [1.82, 2.24) is 15.2 Å². The molecule has 4 atom stereocenters. The van der Waals surface area contributed by atoms with E-state index in [0.29, 0.717) is 16.0 Å². The number of imide groups is 1. The van der Waals surface area contributed by atoms with Crippen molar-refractivity contribution in [3.8, 4) is 11.5 Å². The van der Waals surface area contributed by atoms with Gasteiger partial charge in [0.25, 0.3) is 0 Å². The summed E-state index contributed by atoms with van der Waals surface area (Å²) in [7, 11) is 0. The van der Waals surface area contributed by atoms with Gasteiger partial charge in [-0.05, 0) is 42.7 Å². The van der Waals surface area contributed by atoms with Crippen molar-refractivity contribution >= 4 is 29.5 Å². The standard InChI is InChI=1S/C21H19ClFN3O6/c1-10(12-4-5-14-15(8-12)32-21(2,23)31-14)25-20(30)26-17(19(28)29)13(18(26)27)7-11-3-6-16(22)24-9-11/h3-6,8-10,13,17H,7H2,1-2H3,(H,25,30)(H,28,29)/t10-,13-,17+,21?/m1/s1. The van der Waals surface area contributed by atoms with Crippen LogP contribution in [0.1, 0.15) is 31.0 Å². The maximum absolute atomic E-state index is 13.9. The molecule has 9 nitrogen and oxygen atoms in total. The Bertz CT molecular complexity index is 1090. The largest absolute Gasteiger partial charge is 0.480 e. The molecule has 0 aliphatic carbocycles. The van der Waals surface area contributed by atoms with Crippen molar-refractivity contribution in [1.29, 1.82) is 0 Å². The van der Waals surface area contributed by atoms with Gasteiger partial charge in [0.15, 0.2) is 17.5 Å². The molecule has 1 unspecified atom stereocenters. The lowest BCUT2D eigenvalue weighted by atomic mass is 9.83. The number of ether oxygens (including phenoxy) is 2. The van der Waals surface area contributed by atoms with Crippen molar-refractivity contribution in [2.45, 2.75) is 38.4 Å². The fourth-order valence-electron chi connectivity index (χ4n) is 3.75. The van der Waals surface area contributed by atoms with Gasteiger partial charge < -0.3 is 19.9 Å². The first-order valence-corrected chi connectivity index (χ1v) is 10.1. The molecule has 2 N–H and O–H groups in total. The number of aliphatic carboxylic acids is 1. The maximum atomic E-state index is 13.9. The first kappa shape index (κ1) is 21.8. The second kappa shape index (κ2) is 7.94. The van der Waals surface area contributed by atoms with Crippen LogP contribution in [0.3, 0.4) is 0 Å². The summed E-state index contributed by atoms with van der Waals surface area (Å²) in [6, 6.07) is 2.76. The number of pyridine rings is 1. The van der Waals surface area contributed by atoms with Gasteiger partial charge in [-0.2, -0.15) is 4.39 Å². The summed E-state index contributed by atoms with van der Waals surface area (Å²) >= 11 is 5.75. The van der Waals surface area contributed by atoms with Crippen LogP contribution in [0, 0.1) is 5.92 Å². The summed E-state index contributed by atoms with van der Waals surface area (Å²) in [5.74, 6) is -2.39. The maximum Gasteiger partial charge on any atom is 0.404 e. The molecule has 32 heavy (non-hydrogen) atoms. The highest BCUT2D eigenvalue weighted by molar-refractivity contribution is 6.29. The highest BCUT2D eigenvalue weighted by Crippen LogP contribution is 2.41. The minimum absolute atomic E-state index is 0.115. The van der Waals surface area contributed by atoms with Gasteiger partial charge in [0.2, 0.25) is 5.91 Å². The van der Waals surface area contributed by atoms with Crippen LogP contribution < -0.4 is 14.8 Å². The molecule has 3 amide bonds. The first-order valence-electron chi connectivity index (χ1n) is 9.73. The van der Waals surface area contributed by atoms with Gasteiger partial charge >= 0.3 is 18.0 Å². The molecule has 1 aromatic carbocycles. The van der Waals surface area contributed by atoms with Gasteiger partial charge in [0.1, 0.15) is 5.15 Å². The summed E-state index contributed by atoms with van der Waals surface area (Å²) in [6.45, 7) is 2.76. The van der Waals surface area contributed by atoms with Gasteiger partial charge in [0.05, 0.1) is 12.0 Å². The number of fused-ring (bicyclic) bond motifs is 1. The van der Waals surface area contributed by atoms with Crippen LogP contribution >= 0.6 is 11.6 Å². The molecule has 1 fully saturated rings. The predicted molar refractivity (Wildman–Crippen MR) is 109 cm³/mol. The number of amides is 3. The zero-order chi connectivity index (χ0) is 23.2. The monoisotopic (exact) mass is 463 g/mol. The average Bonchev–Trinajstić information content (AvgIpc) is 3.03. The number of carboxylic acids is 1. The van der Waals surface area contributed by atoms with E-state index in [4.69, 9.17) is 21.1 Å². The number of hydrogen-bond donors (Lipinski definition) is 2. The quantitative estimate of drug-likeness (QED) is 0.516. The normalized spacial score (nSPS) is 24.6. The van der Waals surface area contributed by atoms with E-state index in [0.717, 1.165) is 6.92 Å². The molecule has 1 saturated heterocycles. The summed E-state index contributed by atoms with van der Waals surface area (Å²) in [6.07, 6.45) is 1.57. The third kappa shape index (κ3) is 4.05. The van der Waals surface area contributed by atoms with Crippen molar-refractivity contribution in [2.75, 3.05) is 0 Å². The molecule has 2 aromatic rings. The molecule has 168 valence electrons. The molecule has 0 bridgehead atoms. The Labute approximate surface area is 187 Å². The molecular weight excluding hydrogens is 445 g/mol. The van der Waals surface area contributed by atoms with E-state index in [9.17, 15) is 23.9 Å². The lowest BCUT2D eigenvalue weighted by Gasteiger charge is -2.43. The Hall–Kier alpha value is -3.40. The Morgan fingerprint density at radius 2 is 2.03 bits per heavy atom. The number of aromatic nitrogens is 1. The van der Waals surface area contributed by atoms with Gasteiger partial charge in [-0.25, -0.2) is 19.5 Å². The third-order valence-corrected chi connectivity index (χ3v) is 5.55. The summed E-state index contributed by atoms with van der Waals surface area (Å²) in [5.41, 5.74) is 1.19. The number of benzene rings is 1. The molecular formula is C21H19ClFN3O6. The number of nitrogens with zero attached hydrogens (tertiary/aromatic N) is 2. The number of likely N-dealkylation sites (tertiary alicyclic amines) is 1. The SMILES string of the molecule is C[C@@H](NC(=O)N1C(=O)[C@H](Cc2ccc(Cl)nc2)[C@H]1C(=O)O)c1ccc2c(c1)OC(C)(F)O2. The van der Waals surface area contributed by atoms with Gasteiger partial charge in [0, 0.05) is 13.1 Å². The zero-order valence-corrected chi connectivity index (χ0v) is 17.8. The number of hydrogen-bond acceptors (Lipinski definition) is 6. The van der Waals surface area contributed by atoms with Gasteiger partial charge in [-0.3, -0.25) is 4.79 Å². The van der Waals surface area contributed by atoms with E-state index >= 15 is 0 Å². The number of carbonyl (C=O) groups is 3. The Balaban J connectivity index is 1.44. The lowest BCUT2D eigenvalue weighted by Crippen LogP contribution is -2.68. The number of rotatable bonds is 5. The van der Waals surface area contributed by atoms with E-state index in [2.05, 4.69) is 10.3 Å². The summed E-state index contributed by atoms with van der Waals surface area (Å²) in [4.78, 5) is 41.7. The van der Waals surface area contributed by atoms with E-state index in [1.165, 1.54) is 18.3 Å². The highest BCUT2D eigenvalue weighted by Gasteiger charge is 2.54. The van der Waals surface area contributed by atoms with Crippen LogP contribution in [-0.2, 0) is 16.0 Å². The zero-order valence-electron chi connectivity index (χ0n) is 17.0. The molecule has 1 aromatic heterocycles. The Morgan fingerprint density at radius 3 is 2.69 bits per heavy atom. The number of urea groups is 1. The number of alkyl halides is 1. The Kier molecular flexibility index (Phi) is 5.41. The third-order valence-electron chi connectivity index (χ3n) is 5.32. The van der Waals surface area contributed by atoms with Gasteiger partial charge in [-0.1, -0.05) is 23.7 Å². The molecule has 2 aliphatic heterocycles. The van der Waals surface area contributed by atoms with Crippen molar-refractivity contribution in [3.05, 3.63) is 52.8 Å². The van der Waals surface area contributed by atoms with E-state index < -0.39 is 42.0 Å². The minimum atomic E-state index is -2.28. The van der Waals surface area contributed by atoms with Gasteiger partial charge in [-0.15, -0.1) is 0 Å². The average molecular weight is 464 g/mol. The van der Waals surface area contributed by atoms with Crippen LogP contribution in [0.5, 0.6) is 11.5 Å². The fraction of sp³-hybridized carbons (Fsp3) is 0.333. The topological polar surface area (TPSA) is 118 Å². The number of β-lactam (4-membered cyclic amide) rings is 1. The number of carboxylic acid groups (broad SMARTS) is 1. The Morgan fingerprint density at radius 1 is 1.31 bits per heavy atom. The highest BCUT2D eigenvalue weighted by atomic mass is 35.5. The van der Waals surface area contributed by atoms with Crippen LogP contribution in [0.4, 0.5) is 9.18 Å². The smallest absolute Gasteiger partial charge is 0.404 e. The van der Waals surface area contributed by atoms with Crippen LogP contribution in [0.2, 0.25) is 5.15 Å². The van der Waals surface area contributed by atoms with Crippen LogP contribution in [-0.4, -0.2) is 45.0 Å². The first-order chi connectivity index (χ1) is 15.1. The van der Waals surface area contributed by atoms with E-state index in [-0.39, 0.29) is 23.1 Å². The molecule has 11 heteroatoms. The van der Waals surface area contributed by atoms with Crippen molar-refractivity contribution < 1.29 is 33.4 Å². The molecule has 3 heterocycles. The molecule has 4 rings (SSSR count). The fourth-order valence-corrected chi connectivity index (χ4v) is 3.86. The predicted octanol–water partition coefficient (Wildman–Crippen LogP) is 3.07. The van der Waals surface area contributed by atoms with Crippen LogP contribution in [0.15, 0.2) is 36.5 Å². The number of nitrogens with one attached hydrogen (secondary N) is 1. The van der Waals surface area contributed by atoms with Crippen LogP contribution in [0.25, 0.3) is 0 Å². The van der Waals surface area contributed by atoms with Crippen molar-refractivity contribution in [3.63, 3.8) is 0 Å². The van der Waals surface area contributed by atoms with E-state index in [1.54, 1.807) is 25.1 Å². The summed E-state index contributed by atoms with van der Waals surface area (Å²) in [5, 5.41) is 12.5. The van der Waals surface area contributed by atoms with E-state index in [1.807, 2.05) is 0 Å². The number of carbonyl (C=O) groups excluding carboxylic acids is 2. The summed E-state index contributed by atoms with van der Waals surface area (Å²) < 4.78 is 23.9. The minimum Gasteiger partial charge on any atom is -0.480 e. The molecule has 0 spiro atoms. The molecule has 2 aliphatic rings.